The van der Waals surface area contributed by atoms with E-state index in [0.29, 0.717) is 39.3 Å². The van der Waals surface area contributed by atoms with Gasteiger partial charge < -0.3 is 10.2 Å². The maximum Gasteiger partial charge on any atom is 0.234 e. The SMILES string of the molecule is CCNC(=O)CN1CCN(C(=O)C2(c3ccc(F)cc3)CCCC2)CC1. The van der Waals surface area contributed by atoms with Crippen LogP contribution < -0.4 is 5.32 Å². The number of likely N-dealkylation sites (N-methyl/N-ethyl adjacent to an activating group) is 1. The molecule has 5 nitrogen and oxygen atoms in total. The molecule has 2 aliphatic rings. The molecule has 1 saturated heterocycles. The molecule has 1 aromatic rings. The predicted molar refractivity (Wildman–Crippen MR) is 98.2 cm³/mol. The number of hydrogen-bond donors (Lipinski definition) is 1. The van der Waals surface area contributed by atoms with Crippen molar-refractivity contribution < 1.29 is 14.0 Å². The van der Waals surface area contributed by atoms with Crippen LogP contribution in [0.4, 0.5) is 4.39 Å². The van der Waals surface area contributed by atoms with Crippen LogP contribution in [-0.4, -0.2) is 60.9 Å². The van der Waals surface area contributed by atoms with Gasteiger partial charge in [-0.3, -0.25) is 14.5 Å². The average molecular weight is 361 g/mol. The van der Waals surface area contributed by atoms with Crippen LogP contribution >= 0.6 is 0 Å². The summed E-state index contributed by atoms with van der Waals surface area (Å²) in [4.78, 5) is 29.1. The fourth-order valence-corrected chi connectivity index (χ4v) is 4.24. The number of nitrogens with zero attached hydrogens (tertiary/aromatic N) is 2. The maximum atomic E-state index is 13.4. The first-order valence-corrected chi connectivity index (χ1v) is 9.59. The molecular weight excluding hydrogens is 333 g/mol. The van der Waals surface area contributed by atoms with Gasteiger partial charge in [-0.25, -0.2) is 4.39 Å². The van der Waals surface area contributed by atoms with E-state index in [-0.39, 0.29) is 17.6 Å². The van der Waals surface area contributed by atoms with Crippen molar-refractivity contribution in [2.45, 2.75) is 38.0 Å². The molecular formula is C20H28FN3O2. The maximum absolute atomic E-state index is 13.4. The van der Waals surface area contributed by atoms with E-state index >= 15 is 0 Å². The van der Waals surface area contributed by atoms with Gasteiger partial charge in [-0.05, 0) is 37.5 Å². The lowest BCUT2D eigenvalue weighted by Crippen LogP contribution is -2.55. The number of nitrogens with one attached hydrogen (secondary N) is 1. The Kier molecular flexibility index (Phi) is 5.91. The van der Waals surface area contributed by atoms with E-state index in [9.17, 15) is 14.0 Å². The van der Waals surface area contributed by atoms with Gasteiger partial charge in [0.25, 0.3) is 0 Å². The van der Waals surface area contributed by atoms with E-state index in [1.165, 1.54) is 12.1 Å². The molecule has 2 amide bonds. The second-order valence-electron chi connectivity index (χ2n) is 7.32. The lowest BCUT2D eigenvalue weighted by molar-refractivity contribution is -0.139. The van der Waals surface area contributed by atoms with Crippen LogP contribution in [0.2, 0.25) is 0 Å². The largest absolute Gasteiger partial charge is 0.355 e. The Morgan fingerprint density at radius 1 is 1.08 bits per heavy atom. The molecule has 2 fully saturated rings. The topological polar surface area (TPSA) is 52.7 Å². The molecule has 26 heavy (non-hydrogen) atoms. The predicted octanol–water partition coefficient (Wildman–Crippen LogP) is 1.92. The summed E-state index contributed by atoms with van der Waals surface area (Å²) >= 11 is 0. The monoisotopic (exact) mass is 361 g/mol. The minimum absolute atomic E-state index is 0.0332. The van der Waals surface area contributed by atoms with Crippen molar-refractivity contribution in [2.24, 2.45) is 0 Å². The summed E-state index contributed by atoms with van der Waals surface area (Å²) in [5.41, 5.74) is 0.432. The van der Waals surface area contributed by atoms with Crippen molar-refractivity contribution in [3.05, 3.63) is 35.6 Å². The van der Waals surface area contributed by atoms with Crippen molar-refractivity contribution in [1.82, 2.24) is 15.1 Å². The Balaban J connectivity index is 1.66. The van der Waals surface area contributed by atoms with Gasteiger partial charge >= 0.3 is 0 Å². The smallest absolute Gasteiger partial charge is 0.234 e. The second-order valence-corrected chi connectivity index (χ2v) is 7.32. The fraction of sp³-hybridized carbons (Fsp3) is 0.600. The Bertz CT molecular complexity index is 633. The molecule has 6 heteroatoms. The van der Waals surface area contributed by atoms with Gasteiger partial charge in [-0.15, -0.1) is 0 Å². The molecule has 1 aliphatic carbocycles. The number of piperazine rings is 1. The minimum Gasteiger partial charge on any atom is -0.355 e. The fourth-order valence-electron chi connectivity index (χ4n) is 4.24. The van der Waals surface area contributed by atoms with Crippen molar-refractivity contribution in [2.75, 3.05) is 39.3 Å². The van der Waals surface area contributed by atoms with E-state index in [1.54, 1.807) is 12.1 Å². The summed E-state index contributed by atoms with van der Waals surface area (Å²) < 4.78 is 13.3. The summed E-state index contributed by atoms with van der Waals surface area (Å²) in [5, 5.41) is 2.81. The summed E-state index contributed by atoms with van der Waals surface area (Å²) in [5.74, 6) is -0.0709. The zero-order valence-electron chi connectivity index (χ0n) is 15.5. The van der Waals surface area contributed by atoms with Gasteiger partial charge in [0.15, 0.2) is 0 Å². The summed E-state index contributed by atoms with van der Waals surface area (Å²) in [7, 11) is 0. The van der Waals surface area contributed by atoms with Crippen LogP contribution in [0.5, 0.6) is 0 Å². The molecule has 0 unspecified atom stereocenters. The Morgan fingerprint density at radius 3 is 2.27 bits per heavy atom. The number of carbonyl (C=O) groups excluding carboxylic acids is 2. The molecule has 0 spiro atoms. The van der Waals surface area contributed by atoms with E-state index in [0.717, 1.165) is 31.2 Å². The molecule has 1 saturated carbocycles. The first-order valence-electron chi connectivity index (χ1n) is 9.59. The van der Waals surface area contributed by atoms with Crippen molar-refractivity contribution in [3.8, 4) is 0 Å². The van der Waals surface area contributed by atoms with Crippen molar-refractivity contribution in [3.63, 3.8) is 0 Å². The van der Waals surface area contributed by atoms with Crippen molar-refractivity contribution in [1.29, 1.82) is 0 Å². The number of rotatable bonds is 5. The third-order valence-electron chi connectivity index (χ3n) is 5.66. The molecule has 3 rings (SSSR count). The summed E-state index contributed by atoms with van der Waals surface area (Å²) in [6.07, 6.45) is 3.72. The standard InChI is InChI=1S/C20H28FN3O2/c1-2-22-18(25)15-23-11-13-24(14-12-23)19(26)20(9-3-4-10-20)16-5-7-17(21)8-6-16/h5-8H,2-4,9-15H2,1H3,(H,22,25). The van der Waals surface area contributed by atoms with Crippen LogP contribution in [0.15, 0.2) is 24.3 Å². The highest BCUT2D eigenvalue weighted by atomic mass is 19.1. The molecule has 0 radical (unpaired) electrons. The number of carbonyl (C=O) groups is 2. The van der Waals surface area contributed by atoms with Crippen LogP contribution in [0.25, 0.3) is 0 Å². The third-order valence-corrected chi connectivity index (χ3v) is 5.66. The Morgan fingerprint density at radius 2 is 1.69 bits per heavy atom. The zero-order valence-corrected chi connectivity index (χ0v) is 15.5. The quantitative estimate of drug-likeness (QED) is 0.872. The highest BCUT2D eigenvalue weighted by molar-refractivity contribution is 5.88. The minimum atomic E-state index is -0.505. The van der Waals surface area contributed by atoms with Gasteiger partial charge in [0.2, 0.25) is 11.8 Å². The number of amides is 2. The van der Waals surface area contributed by atoms with Crippen LogP contribution in [0, 0.1) is 5.82 Å². The lowest BCUT2D eigenvalue weighted by atomic mass is 9.77. The molecule has 142 valence electrons. The Hall–Kier alpha value is -1.95. The lowest BCUT2D eigenvalue weighted by Gasteiger charge is -2.40. The number of benzene rings is 1. The molecule has 1 heterocycles. The van der Waals surface area contributed by atoms with Crippen molar-refractivity contribution >= 4 is 11.8 Å². The highest BCUT2D eigenvalue weighted by Crippen LogP contribution is 2.42. The van der Waals surface area contributed by atoms with E-state index in [4.69, 9.17) is 0 Å². The summed E-state index contributed by atoms with van der Waals surface area (Å²) in [6, 6.07) is 6.44. The number of halogens is 1. The Labute approximate surface area is 154 Å². The van der Waals surface area contributed by atoms with Gasteiger partial charge in [0.05, 0.1) is 12.0 Å². The van der Waals surface area contributed by atoms with Gasteiger partial charge in [-0.2, -0.15) is 0 Å². The van der Waals surface area contributed by atoms with E-state index in [2.05, 4.69) is 10.2 Å². The molecule has 0 atom stereocenters. The first kappa shape index (κ1) is 18.8. The molecule has 0 bridgehead atoms. The third kappa shape index (κ3) is 3.90. The highest BCUT2D eigenvalue weighted by Gasteiger charge is 2.45. The van der Waals surface area contributed by atoms with Gasteiger partial charge in [0, 0.05) is 32.7 Å². The zero-order chi connectivity index (χ0) is 18.6. The van der Waals surface area contributed by atoms with Gasteiger partial charge in [-0.1, -0.05) is 25.0 Å². The second kappa shape index (κ2) is 8.16. The molecule has 1 N–H and O–H groups in total. The van der Waals surface area contributed by atoms with E-state index < -0.39 is 5.41 Å². The van der Waals surface area contributed by atoms with Crippen LogP contribution in [0.1, 0.15) is 38.2 Å². The molecule has 1 aromatic carbocycles. The van der Waals surface area contributed by atoms with E-state index in [1.807, 2.05) is 11.8 Å². The van der Waals surface area contributed by atoms with Gasteiger partial charge in [0.1, 0.15) is 5.82 Å². The number of hydrogen-bond acceptors (Lipinski definition) is 3. The molecule has 0 aromatic heterocycles. The van der Waals surface area contributed by atoms with Crippen LogP contribution in [-0.2, 0) is 15.0 Å². The van der Waals surface area contributed by atoms with Crippen LogP contribution in [0.3, 0.4) is 0 Å². The average Bonchev–Trinajstić information content (AvgIpc) is 3.13. The first-order chi connectivity index (χ1) is 12.5. The normalized spacial score (nSPS) is 20.2. The molecule has 1 aliphatic heterocycles. The summed E-state index contributed by atoms with van der Waals surface area (Å²) in [6.45, 7) is 5.63.